The van der Waals surface area contributed by atoms with Crippen LogP contribution >= 0.6 is 0 Å². The van der Waals surface area contributed by atoms with Crippen molar-refractivity contribution in [2.24, 2.45) is 5.73 Å². The second-order valence-corrected chi connectivity index (χ2v) is 4.60. The minimum Gasteiger partial charge on any atom is -0.467 e. The number of rotatable bonds is 2. The molecule has 1 heterocycles. The van der Waals surface area contributed by atoms with E-state index >= 15 is 0 Å². The Morgan fingerprint density at radius 2 is 2.38 bits per heavy atom. The molecular formula is C11H14N2O3. The lowest BCUT2D eigenvalue weighted by Gasteiger charge is -2.21. The summed E-state index contributed by atoms with van der Waals surface area (Å²) < 4.78 is 10.0. The van der Waals surface area contributed by atoms with E-state index in [0.717, 1.165) is 29.9 Å². The van der Waals surface area contributed by atoms with E-state index in [9.17, 15) is 4.79 Å². The van der Waals surface area contributed by atoms with Crippen molar-refractivity contribution in [1.82, 2.24) is 5.16 Å². The van der Waals surface area contributed by atoms with Crippen LogP contribution in [0.25, 0.3) is 0 Å². The highest BCUT2D eigenvalue weighted by Gasteiger charge is 2.50. The number of aromatic nitrogens is 1. The molecule has 0 bridgehead atoms. The Kier molecular flexibility index (Phi) is 1.89. The number of hydrogen-bond donors (Lipinski definition) is 1. The van der Waals surface area contributed by atoms with Crippen molar-refractivity contribution in [3.05, 3.63) is 17.0 Å². The zero-order valence-electron chi connectivity index (χ0n) is 9.16. The van der Waals surface area contributed by atoms with Crippen LogP contribution in [0.15, 0.2) is 4.52 Å². The molecule has 1 saturated carbocycles. The molecule has 5 nitrogen and oxygen atoms in total. The highest BCUT2D eigenvalue weighted by Crippen LogP contribution is 2.47. The van der Waals surface area contributed by atoms with Crippen molar-refractivity contribution >= 4 is 5.97 Å². The number of carbonyl (C=O) groups is 1. The average molecular weight is 222 g/mol. The number of nitrogens with zero attached hydrogens (tertiary/aromatic N) is 1. The molecular weight excluding hydrogens is 208 g/mol. The van der Waals surface area contributed by atoms with Crippen LogP contribution in [-0.4, -0.2) is 18.2 Å². The number of fused-ring (bicyclic) bond motifs is 1. The molecule has 2 aliphatic carbocycles. The fourth-order valence-electron chi connectivity index (χ4n) is 2.44. The molecule has 0 aromatic carbocycles. The van der Waals surface area contributed by atoms with Gasteiger partial charge in [-0.15, -0.1) is 0 Å². The molecule has 1 aromatic heterocycles. The average Bonchev–Trinajstić information content (AvgIpc) is 2.95. The molecule has 2 aliphatic rings. The van der Waals surface area contributed by atoms with Crippen LogP contribution in [0.2, 0.25) is 0 Å². The number of hydrogen-bond acceptors (Lipinski definition) is 5. The van der Waals surface area contributed by atoms with Gasteiger partial charge in [0.25, 0.3) is 0 Å². The van der Waals surface area contributed by atoms with Crippen LogP contribution in [0.3, 0.4) is 0 Å². The fraction of sp³-hybridized carbons (Fsp3) is 0.636. The Morgan fingerprint density at radius 1 is 1.62 bits per heavy atom. The molecule has 1 fully saturated rings. The Bertz CT molecular complexity index is 450. The van der Waals surface area contributed by atoms with Crippen molar-refractivity contribution in [3.63, 3.8) is 0 Å². The molecule has 1 aromatic rings. The molecule has 0 spiro atoms. The van der Waals surface area contributed by atoms with Gasteiger partial charge in [0.05, 0.1) is 12.8 Å². The lowest BCUT2D eigenvalue weighted by Crippen LogP contribution is -2.44. The molecule has 0 saturated heterocycles. The van der Waals surface area contributed by atoms with Crippen molar-refractivity contribution < 1.29 is 14.1 Å². The van der Waals surface area contributed by atoms with Gasteiger partial charge in [0.1, 0.15) is 11.3 Å². The molecule has 16 heavy (non-hydrogen) atoms. The van der Waals surface area contributed by atoms with E-state index in [0.29, 0.717) is 18.8 Å². The Hall–Kier alpha value is -1.36. The highest BCUT2D eigenvalue weighted by atomic mass is 16.5. The fourth-order valence-corrected chi connectivity index (χ4v) is 2.44. The van der Waals surface area contributed by atoms with Gasteiger partial charge < -0.3 is 15.0 Å². The van der Waals surface area contributed by atoms with Crippen molar-refractivity contribution in [1.29, 1.82) is 0 Å². The number of ether oxygens (including phenoxy) is 1. The molecule has 86 valence electrons. The number of esters is 1. The first kappa shape index (κ1) is 9.84. The SMILES string of the molecule is COC(=O)C1(N)CCc2onc(C3CC3)c21. The minimum atomic E-state index is -1.04. The number of aryl methyl sites for hydroxylation is 1. The van der Waals surface area contributed by atoms with E-state index in [1.807, 2.05) is 0 Å². The first-order valence-corrected chi connectivity index (χ1v) is 5.53. The predicted octanol–water partition coefficient (Wildman–Crippen LogP) is 0.825. The standard InChI is InChI=1S/C11H14N2O3/c1-15-10(14)11(12)5-4-7-8(11)9(13-16-7)6-2-3-6/h6H,2-5,12H2,1H3. The molecule has 1 atom stereocenters. The first-order chi connectivity index (χ1) is 7.66. The molecule has 5 heteroatoms. The number of carbonyl (C=O) groups excluding carboxylic acids is 1. The molecule has 0 radical (unpaired) electrons. The second-order valence-electron chi connectivity index (χ2n) is 4.60. The molecule has 1 unspecified atom stereocenters. The van der Waals surface area contributed by atoms with Crippen LogP contribution in [-0.2, 0) is 21.5 Å². The lowest BCUT2D eigenvalue weighted by atomic mass is 9.91. The summed E-state index contributed by atoms with van der Waals surface area (Å²) in [7, 11) is 1.36. The van der Waals surface area contributed by atoms with Crippen LogP contribution in [0.4, 0.5) is 0 Å². The summed E-state index contributed by atoms with van der Waals surface area (Å²) in [5, 5.41) is 4.05. The third-order valence-electron chi connectivity index (χ3n) is 3.50. The third kappa shape index (κ3) is 1.15. The summed E-state index contributed by atoms with van der Waals surface area (Å²) in [4.78, 5) is 11.8. The summed E-state index contributed by atoms with van der Waals surface area (Å²) in [6.45, 7) is 0. The van der Waals surface area contributed by atoms with Crippen LogP contribution in [0.1, 0.15) is 42.2 Å². The van der Waals surface area contributed by atoms with Gasteiger partial charge in [0.15, 0.2) is 0 Å². The normalized spacial score (nSPS) is 27.9. The largest absolute Gasteiger partial charge is 0.467 e. The van der Waals surface area contributed by atoms with E-state index in [1.165, 1.54) is 7.11 Å². The Morgan fingerprint density at radius 3 is 3.00 bits per heavy atom. The monoisotopic (exact) mass is 222 g/mol. The first-order valence-electron chi connectivity index (χ1n) is 5.53. The summed E-state index contributed by atoms with van der Waals surface area (Å²) >= 11 is 0. The van der Waals surface area contributed by atoms with Gasteiger partial charge in [-0.25, -0.2) is 4.79 Å². The van der Waals surface area contributed by atoms with Gasteiger partial charge >= 0.3 is 5.97 Å². The Balaban J connectivity index is 2.08. The summed E-state index contributed by atoms with van der Waals surface area (Å²) in [5.41, 5.74) is 6.79. The summed E-state index contributed by atoms with van der Waals surface area (Å²) in [6.07, 6.45) is 3.43. The molecule has 3 rings (SSSR count). The van der Waals surface area contributed by atoms with Gasteiger partial charge in [-0.1, -0.05) is 5.16 Å². The van der Waals surface area contributed by atoms with Gasteiger partial charge in [-0.2, -0.15) is 0 Å². The van der Waals surface area contributed by atoms with Gasteiger partial charge in [-0.05, 0) is 19.3 Å². The second kappa shape index (κ2) is 3.07. The maximum atomic E-state index is 11.8. The Labute approximate surface area is 92.9 Å². The van der Waals surface area contributed by atoms with Crippen LogP contribution in [0, 0.1) is 0 Å². The van der Waals surface area contributed by atoms with Gasteiger partial charge in [0.2, 0.25) is 0 Å². The molecule has 0 amide bonds. The molecule has 2 N–H and O–H groups in total. The minimum absolute atomic E-state index is 0.392. The van der Waals surface area contributed by atoms with E-state index in [-0.39, 0.29) is 0 Å². The van der Waals surface area contributed by atoms with E-state index < -0.39 is 11.5 Å². The van der Waals surface area contributed by atoms with Crippen molar-refractivity contribution in [3.8, 4) is 0 Å². The third-order valence-corrected chi connectivity index (χ3v) is 3.50. The van der Waals surface area contributed by atoms with E-state index in [2.05, 4.69) is 5.16 Å². The van der Waals surface area contributed by atoms with Crippen LogP contribution in [0.5, 0.6) is 0 Å². The molecule has 0 aliphatic heterocycles. The highest BCUT2D eigenvalue weighted by molar-refractivity contribution is 5.84. The maximum Gasteiger partial charge on any atom is 0.330 e. The van der Waals surface area contributed by atoms with E-state index in [4.69, 9.17) is 15.0 Å². The lowest BCUT2D eigenvalue weighted by molar-refractivity contribution is -0.147. The number of nitrogens with two attached hydrogens (primary N) is 1. The summed E-state index contributed by atoms with van der Waals surface area (Å²) in [6, 6.07) is 0. The van der Waals surface area contributed by atoms with Gasteiger partial charge in [0, 0.05) is 17.9 Å². The van der Waals surface area contributed by atoms with Crippen molar-refractivity contribution in [2.75, 3.05) is 7.11 Å². The zero-order chi connectivity index (χ0) is 11.3. The maximum absolute atomic E-state index is 11.8. The zero-order valence-corrected chi connectivity index (χ0v) is 9.16. The van der Waals surface area contributed by atoms with Crippen molar-refractivity contribution in [2.45, 2.75) is 37.1 Å². The number of methoxy groups -OCH3 is 1. The quantitative estimate of drug-likeness (QED) is 0.750. The predicted molar refractivity (Wildman–Crippen MR) is 54.7 cm³/mol. The topological polar surface area (TPSA) is 78.4 Å². The smallest absolute Gasteiger partial charge is 0.330 e. The summed E-state index contributed by atoms with van der Waals surface area (Å²) in [5.74, 6) is 0.796. The van der Waals surface area contributed by atoms with E-state index in [1.54, 1.807) is 0 Å². The van der Waals surface area contributed by atoms with Crippen LogP contribution < -0.4 is 5.73 Å². The van der Waals surface area contributed by atoms with Gasteiger partial charge in [-0.3, -0.25) is 0 Å².